The smallest absolute Gasteiger partial charge is 0.257 e. The Bertz CT molecular complexity index is 518. The summed E-state index contributed by atoms with van der Waals surface area (Å²) >= 11 is 0. The summed E-state index contributed by atoms with van der Waals surface area (Å²) in [5.41, 5.74) is 0.514. The van der Waals surface area contributed by atoms with Crippen LogP contribution >= 0.6 is 0 Å². The van der Waals surface area contributed by atoms with Crippen molar-refractivity contribution >= 4 is 11.8 Å². The molecule has 1 spiro atoms. The first-order chi connectivity index (χ1) is 10.2. The molecular weight excluding hydrogens is 272 g/mol. The molecule has 0 radical (unpaired) electrons. The van der Waals surface area contributed by atoms with Crippen molar-refractivity contribution in [2.24, 2.45) is 11.3 Å². The summed E-state index contributed by atoms with van der Waals surface area (Å²) in [6.45, 7) is 2.47. The van der Waals surface area contributed by atoms with Crippen molar-refractivity contribution in [3.05, 3.63) is 24.2 Å². The molecule has 2 fully saturated rings. The molecule has 2 aliphatic rings. The number of amides is 2. The van der Waals surface area contributed by atoms with Crippen LogP contribution in [0, 0.1) is 11.3 Å². The van der Waals surface area contributed by atoms with Crippen molar-refractivity contribution in [3.8, 4) is 0 Å². The maximum atomic E-state index is 12.3. The van der Waals surface area contributed by atoms with Gasteiger partial charge in [-0.1, -0.05) is 0 Å². The zero-order valence-corrected chi connectivity index (χ0v) is 12.1. The average molecular weight is 292 g/mol. The van der Waals surface area contributed by atoms with Gasteiger partial charge < -0.3 is 19.4 Å². The molecule has 6 heteroatoms. The van der Waals surface area contributed by atoms with Gasteiger partial charge in [0.05, 0.1) is 24.4 Å². The third-order valence-corrected chi connectivity index (χ3v) is 4.82. The Morgan fingerprint density at radius 2 is 2.29 bits per heavy atom. The van der Waals surface area contributed by atoms with Crippen LogP contribution in [0.15, 0.2) is 23.0 Å². The number of nitrogens with one attached hydrogen (secondary N) is 1. The van der Waals surface area contributed by atoms with Crippen LogP contribution in [0.1, 0.15) is 23.2 Å². The molecule has 2 amide bonds. The van der Waals surface area contributed by atoms with Crippen LogP contribution in [-0.2, 0) is 9.53 Å². The maximum Gasteiger partial charge on any atom is 0.257 e. The third kappa shape index (κ3) is 2.44. The molecule has 1 aromatic heterocycles. The van der Waals surface area contributed by atoms with E-state index in [4.69, 9.17) is 9.15 Å². The molecule has 3 rings (SSSR count). The predicted octanol–water partition coefficient (Wildman–Crippen LogP) is 0.894. The topological polar surface area (TPSA) is 71.8 Å². The van der Waals surface area contributed by atoms with Crippen molar-refractivity contribution in [3.63, 3.8) is 0 Å². The van der Waals surface area contributed by atoms with Crippen LogP contribution in [0.4, 0.5) is 0 Å². The summed E-state index contributed by atoms with van der Waals surface area (Å²) < 4.78 is 10.2. The molecule has 21 heavy (non-hydrogen) atoms. The summed E-state index contributed by atoms with van der Waals surface area (Å²) in [6, 6.07) is 1.68. The van der Waals surface area contributed by atoms with E-state index in [9.17, 15) is 9.59 Å². The van der Waals surface area contributed by atoms with Crippen LogP contribution in [0.2, 0.25) is 0 Å². The zero-order chi connectivity index (χ0) is 14.9. The molecule has 0 aromatic carbocycles. The zero-order valence-electron chi connectivity index (χ0n) is 12.1. The lowest BCUT2D eigenvalue weighted by molar-refractivity contribution is -0.126. The van der Waals surface area contributed by atoms with Crippen molar-refractivity contribution in [2.45, 2.75) is 12.8 Å². The fourth-order valence-electron chi connectivity index (χ4n) is 3.46. The molecule has 0 bridgehead atoms. The maximum absolute atomic E-state index is 12.3. The average Bonchev–Trinajstić information content (AvgIpc) is 3.12. The van der Waals surface area contributed by atoms with Crippen molar-refractivity contribution in [1.29, 1.82) is 0 Å². The predicted molar refractivity (Wildman–Crippen MR) is 74.7 cm³/mol. The van der Waals surface area contributed by atoms with Crippen molar-refractivity contribution in [2.75, 3.05) is 33.4 Å². The van der Waals surface area contributed by atoms with Gasteiger partial charge in [-0.05, 0) is 18.9 Å². The molecule has 2 saturated heterocycles. The minimum Gasteiger partial charge on any atom is -0.472 e. The Morgan fingerprint density at radius 3 is 2.90 bits per heavy atom. The molecule has 0 saturated carbocycles. The number of hydrogen-bond acceptors (Lipinski definition) is 4. The first-order valence-corrected chi connectivity index (χ1v) is 7.24. The molecule has 1 N–H and O–H groups in total. The van der Waals surface area contributed by atoms with E-state index < -0.39 is 0 Å². The van der Waals surface area contributed by atoms with Gasteiger partial charge in [-0.25, -0.2) is 0 Å². The summed E-state index contributed by atoms with van der Waals surface area (Å²) in [6.07, 6.45) is 4.63. The second-order valence-electron chi connectivity index (χ2n) is 5.89. The highest BCUT2D eigenvalue weighted by Crippen LogP contribution is 2.42. The third-order valence-electron chi connectivity index (χ3n) is 4.82. The molecule has 6 nitrogen and oxygen atoms in total. The van der Waals surface area contributed by atoms with E-state index in [1.165, 1.54) is 12.5 Å². The number of rotatable bonds is 3. The quantitative estimate of drug-likeness (QED) is 0.898. The summed E-state index contributed by atoms with van der Waals surface area (Å²) in [4.78, 5) is 26.1. The lowest BCUT2D eigenvalue weighted by Crippen LogP contribution is -2.47. The monoisotopic (exact) mass is 292 g/mol. The lowest BCUT2D eigenvalue weighted by Gasteiger charge is -2.41. The Balaban J connectivity index is 1.67. The fraction of sp³-hybridized carbons (Fsp3) is 0.600. The highest BCUT2D eigenvalue weighted by atomic mass is 16.5. The Hall–Kier alpha value is -1.82. The Labute approximate surface area is 123 Å². The molecule has 1 atom stereocenters. The van der Waals surface area contributed by atoms with Crippen LogP contribution < -0.4 is 5.32 Å². The summed E-state index contributed by atoms with van der Waals surface area (Å²) in [5, 5.41) is 2.95. The molecule has 2 aliphatic heterocycles. The number of carbonyl (C=O) groups is 2. The van der Waals surface area contributed by atoms with Crippen LogP contribution in [-0.4, -0.2) is 50.1 Å². The van der Waals surface area contributed by atoms with Gasteiger partial charge in [0.1, 0.15) is 6.26 Å². The number of hydrogen-bond donors (Lipinski definition) is 1. The van der Waals surface area contributed by atoms with E-state index in [0.29, 0.717) is 31.8 Å². The number of carbonyl (C=O) groups excluding carboxylic acids is 2. The van der Waals surface area contributed by atoms with Crippen molar-refractivity contribution < 1.29 is 18.7 Å². The highest BCUT2D eigenvalue weighted by Gasteiger charge is 2.49. The fourth-order valence-corrected chi connectivity index (χ4v) is 3.46. The van der Waals surface area contributed by atoms with Gasteiger partial charge in [0.2, 0.25) is 5.91 Å². The summed E-state index contributed by atoms with van der Waals surface area (Å²) in [7, 11) is 1.62. The van der Waals surface area contributed by atoms with Gasteiger partial charge in [0.25, 0.3) is 5.91 Å². The van der Waals surface area contributed by atoms with Gasteiger partial charge in [-0.2, -0.15) is 0 Å². The normalized spacial score (nSPS) is 24.3. The van der Waals surface area contributed by atoms with Gasteiger partial charge in [-0.3, -0.25) is 9.59 Å². The summed E-state index contributed by atoms with van der Waals surface area (Å²) in [5.74, 6) is -0.0284. The van der Waals surface area contributed by atoms with Crippen molar-refractivity contribution in [1.82, 2.24) is 10.2 Å². The van der Waals surface area contributed by atoms with E-state index in [1.54, 1.807) is 13.2 Å². The number of piperidine rings is 1. The highest BCUT2D eigenvalue weighted by molar-refractivity contribution is 5.94. The Morgan fingerprint density at radius 1 is 1.52 bits per heavy atom. The van der Waals surface area contributed by atoms with E-state index >= 15 is 0 Å². The van der Waals surface area contributed by atoms with Gasteiger partial charge in [-0.15, -0.1) is 0 Å². The minimum atomic E-state index is -0.103. The number of ether oxygens (including phenoxy) is 1. The Kier molecular flexibility index (Phi) is 3.71. The van der Waals surface area contributed by atoms with Gasteiger partial charge in [0.15, 0.2) is 0 Å². The van der Waals surface area contributed by atoms with E-state index in [1.807, 2.05) is 4.90 Å². The molecule has 1 aromatic rings. The first kappa shape index (κ1) is 14.1. The number of likely N-dealkylation sites (tertiary alicyclic amines) is 1. The molecule has 0 aliphatic carbocycles. The SMILES string of the molecule is COC[C@H]1C(=O)NCC12CCN(C(=O)c1ccoc1)CC2. The second-order valence-corrected chi connectivity index (χ2v) is 5.89. The first-order valence-electron chi connectivity index (χ1n) is 7.24. The minimum absolute atomic E-state index is 0.000765. The number of methoxy groups -OCH3 is 1. The number of furan rings is 1. The molecule has 3 heterocycles. The second kappa shape index (κ2) is 5.52. The number of nitrogens with zero attached hydrogens (tertiary/aromatic N) is 1. The van der Waals surface area contributed by atoms with Crippen LogP contribution in [0.3, 0.4) is 0 Å². The standard InChI is InChI=1S/C15H20N2O4/c1-20-9-12-13(18)16-10-15(12)3-5-17(6-4-15)14(19)11-2-7-21-8-11/h2,7-8,12H,3-6,9-10H2,1H3,(H,16,18)/t12-/m0/s1. The molecule has 0 unspecified atom stereocenters. The lowest BCUT2D eigenvalue weighted by atomic mass is 9.71. The molecular formula is C15H20N2O4. The van der Waals surface area contributed by atoms with Gasteiger partial charge >= 0.3 is 0 Å². The molecule has 114 valence electrons. The van der Waals surface area contributed by atoms with E-state index in [0.717, 1.165) is 12.8 Å². The van der Waals surface area contributed by atoms with Crippen LogP contribution in [0.25, 0.3) is 0 Å². The van der Waals surface area contributed by atoms with Gasteiger partial charge in [0, 0.05) is 32.2 Å². The van der Waals surface area contributed by atoms with E-state index in [-0.39, 0.29) is 23.1 Å². The van der Waals surface area contributed by atoms with Crippen LogP contribution in [0.5, 0.6) is 0 Å². The van der Waals surface area contributed by atoms with E-state index in [2.05, 4.69) is 5.32 Å². The largest absolute Gasteiger partial charge is 0.472 e.